The third-order valence-corrected chi connectivity index (χ3v) is 10.4. The summed E-state index contributed by atoms with van der Waals surface area (Å²) in [6.45, 7) is 9.94. The summed E-state index contributed by atoms with van der Waals surface area (Å²) in [5.41, 5.74) is 0.0472. The highest BCUT2D eigenvalue weighted by atomic mass is 28.3. The molecule has 33 heavy (non-hydrogen) atoms. The van der Waals surface area contributed by atoms with Gasteiger partial charge in [0.2, 0.25) is 0 Å². The van der Waals surface area contributed by atoms with Crippen molar-refractivity contribution in [2.45, 2.75) is 45.1 Å². The second-order valence-corrected chi connectivity index (χ2v) is 19.1. The van der Waals surface area contributed by atoms with Gasteiger partial charge in [0, 0.05) is 11.6 Å². The van der Waals surface area contributed by atoms with E-state index < -0.39 is 39.6 Å². The molecule has 3 rings (SSSR count). The van der Waals surface area contributed by atoms with E-state index >= 15 is 0 Å². The number of pyridine rings is 1. The van der Waals surface area contributed by atoms with Crippen molar-refractivity contribution in [2.75, 3.05) is 0 Å². The number of nitrogens with zero attached hydrogens (tertiary/aromatic N) is 1. The Morgan fingerprint density at radius 2 is 1.33 bits per heavy atom. The third kappa shape index (κ3) is 5.58. The summed E-state index contributed by atoms with van der Waals surface area (Å²) < 4.78 is 81.5. The molecule has 0 radical (unpaired) electrons. The highest BCUT2D eigenvalue weighted by Crippen LogP contribution is 2.39. The van der Waals surface area contributed by atoms with Crippen LogP contribution in [0.1, 0.15) is 16.7 Å². The van der Waals surface area contributed by atoms with Crippen LogP contribution in [-0.4, -0.2) is 21.1 Å². The van der Waals surface area contributed by atoms with Gasteiger partial charge in [0.1, 0.15) is 8.07 Å². The standard InChI is InChI=1S/C24H25F6NSi2/c1-32(2,3)15-21(17-12-18(23(25,26)27)14-19(13-17)24(28,29)30)33(4,5)20-10-6-8-16-9-7-11-31-22(16)20/h6-15H,1-5H3/b21-15+. The number of fused-ring (bicyclic) bond motifs is 1. The van der Waals surface area contributed by atoms with E-state index in [-0.39, 0.29) is 11.6 Å². The van der Waals surface area contributed by atoms with E-state index in [2.05, 4.69) is 4.98 Å². The summed E-state index contributed by atoms with van der Waals surface area (Å²) in [6, 6.07) is 11.2. The fraction of sp³-hybridized carbons (Fsp3) is 0.292. The predicted molar refractivity (Wildman–Crippen MR) is 127 cm³/mol. The molecule has 176 valence electrons. The van der Waals surface area contributed by atoms with Crippen LogP contribution in [0.2, 0.25) is 32.7 Å². The first-order valence-corrected chi connectivity index (χ1v) is 17.0. The van der Waals surface area contributed by atoms with Crippen LogP contribution in [0.4, 0.5) is 26.3 Å². The average Bonchev–Trinajstić information content (AvgIpc) is 2.69. The monoisotopic (exact) mass is 497 g/mol. The fourth-order valence-electron chi connectivity index (χ4n) is 3.92. The number of rotatable bonds is 4. The first-order chi connectivity index (χ1) is 15.0. The van der Waals surface area contributed by atoms with E-state index in [0.29, 0.717) is 5.20 Å². The molecule has 0 bridgehead atoms. The maximum absolute atomic E-state index is 13.6. The van der Waals surface area contributed by atoms with Gasteiger partial charge in [-0.1, -0.05) is 67.9 Å². The van der Waals surface area contributed by atoms with Crippen molar-refractivity contribution in [3.05, 3.63) is 77.1 Å². The summed E-state index contributed by atoms with van der Waals surface area (Å²) in [5.74, 6) is 0. The lowest BCUT2D eigenvalue weighted by atomic mass is 10.0. The minimum atomic E-state index is -4.90. The van der Waals surface area contributed by atoms with Gasteiger partial charge in [-0.2, -0.15) is 26.3 Å². The predicted octanol–water partition coefficient (Wildman–Crippen LogP) is 7.69. The number of benzene rings is 2. The van der Waals surface area contributed by atoms with Crippen LogP contribution in [0.15, 0.2) is 60.4 Å². The smallest absolute Gasteiger partial charge is 0.256 e. The second kappa shape index (κ2) is 8.43. The van der Waals surface area contributed by atoms with Crippen LogP contribution in [-0.2, 0) is 12.4 Å². The zero-order valence-electron chi connectivity index (χ0n) is 19.0. The minimum absolute atomic E-state index is 0.0239. The topological polar surface area (TPSA) is 12.9 Å². The van der Waals surface area contributed by atoms with E-state index in [1.54, 1.807) is 12.3 Å². The van der Waals surface area contributed by atoms with Crippen LogP contribution >= 0.6 is 0 Å². The van der Waals surface area contributed by atoms with Gasteiger partial charge in [0.25, 0.3) is 0 Å². The lowest BCUT2D eigenvalue weighted by Gasteiger charge is -2.31. The van der Waals surface area contributed by atoms with Crippen molar-refractivity contribution in [1.29, 1.82) is 0 Å². The molecule has 1 nitrogen and oxygen atoms in total. The molecule has 1 heterocycles. The van der Waals surface area contributed by atoms with Crippen molar-refractivity contribution in [3.8, 4) is 0 Å². The summed E-state index contributed by atoms with van der Waals surface area (Å²) in [6.07, 6.45) is -8.15. The first kappa shape index (κ1) is 25.2. The minimum Gasteiger partial charge on any atom is -0.256 e. The molecule has 0 unspecified atom stereocenters. The van der Waals surface area contributed by atoms with Crippen molar-refractivity contribution >= 4 is 37.4 Å². The first-order valence-electron chi connectivity index (χ1n) is 10.4. The number of para-hydroxylation sites is 1. The molecule has 0 saturated carbocycles. The molecule has 0 atom stereocenters. The number of hydrogen-bond donors (Lipinski definition) is 0. The highest BCUT2D eigenvalue weighted by molar-refractivity contribution is 7.07. The fourth-order valence-corrected chi connectivity index (χ4v) is 10.2. The maximum Gasteiger partial charge on any atom is 0.416 e. The van der Waals surface area contributed by atoms with Crippen LogP contribution in [0.25, 0.3) is 16.1 Å². The van der Waals surface area contributed by atoms with Gasteiger partial charge in [-0.05, 0) is 35.0 Å². The number of aromatic nitrogens is 1. The molecule has 3 aromatic rings. The summed E-state index contributed by atoms with van der Waals surface area (Å²) in [4.78, 5) is 4.49. The Balaban J connectivity index is 2.37. The Labute approximate surface area is 191 Å². The summed E-state index contributed by atoms with van der Waals surface area (Å²) in [5, 5.41) is 2.32. The summed E-state index contributed by atoms with van der Waals surface area (Å²) in [7, 11) is -4.84. The van der Waals surface area contributed by atoms with Crippen molar-refractivity contribution in [1.82, 2.24) is 4.98 Å². The molecule has 0 spiro atoms. The Kier molecular flexibility index (Phi) is 6.44. The molecule has 0 aliphatic rings. The molecule has 0 fully saturated rings. The molecule has 0 aliphatic carbocycles. The van der Waals surface area contributed by atoms with Gasteiger partial charge in [0.15, 0.2) is 0 Å². The molecule has 0 aliphatic heterocycles. The van der Waals surface area contributed by atoms with E-state index in [9.17, 15) is 26.3 Å². The molecule has 9 heteroatoms. The van der Waals surface area contributed by atoms with Gasteiger partial charge >= 0.3 is 12.4 Å². The normalized spacial score (nSPS) is 14.1. The molecular weight excluding hydrogens is 472 g/mol. The van der Waals surface area contributed by atoms with Crippen LogP contribution in [0.3, 0.4) is 0 Å². The molecule has 1 aromatic heterocycles. The van der Waals surface area contributed by atoms with Crippen molar-refractivity contribution < 1.29 is 26.3 Å². The van der Waals surface area contributed by atoms with Crippen LogP contribution in [0, 0.1) is 0 Å². The van der Waals surface area contributed by atoms with Crippen LogP contribution < -0.4 is 5.19 Å². The summed E-state index contributed by atoms with van der Waals surface area (Å²) >= 11 is 0. The van der Waals surface area contributed by atoms with Gasteiger partial charge in [-0.15, -0.1) is 0 Å². The van der Waals surface area contributed by atoms with E-state index in [0.717, 1.165) is 28.2 Å². The lowest BCUT2D eigenvalue weighted by molar-refractivity contribution is -0.143. The number of halogens is 6. The molecule has 0 amide bonds. The Hall–Kier alpha value is -2.40. The van der Waals surface area contributed by atoms with E-state index in [4.69, 9.17) is 0 Å². The van der Waals surface area contributed by atoms with Crippen molar-refractivity contribution in [3.63, 3.8) is 0 Å². The van der Waals surface area contributed by atoms with Gasteiger partial charge < -0.3 is 0 Å². The zero-order valence-corrected chi connectivity index (χ0v) is 21.0. The average molecular weight is 498 g/mol. The van der Waals surface area contributed by atoms with E-state index in [1.807, 2.05) is 62.7 Å². The Bertz CT molecular complexity index is 1170. The van der Waals surface area contributed by atoms with Crippen LogP contribution in [0.5, 0.6) is 0 Å². The molecule has 2 aromatic carbocycles. The largest absolute Gasteiger partial charge is 0.416 e. The molecular formula is C24H25F6NSi2. The highest BCUT2D eigenvalue weighted by Gasteiger charge is 2.39. The molecule has 0 N–H and O–H groups in total. The SMILES string of the molecule is C[Si](C)(C)/C=C(\c1cc(C(F)(F)F)cc(C(F)(F)F)c1)[Si](C)(C)c1cccc2cccnc12. The zero-order chi connectivity index (χ0) is 24.8. The van der Waals surface area contributed by atoms with Gasteiger partial charge in [-0.25, -0.2) is 0 Å². The lowest BCUT2D eigenvalue weighted by Crippen LogP contribution is -2.45. The number of alkyl halides is 6. The quantitative estimate of drug-likeness (QED) is 0.266. The molecule has 0 saturated heterocycles. The van der Waals surface area contributed by atoms with Gasteiger partial charge in [0.05, 0.1) is 24.7 Å². The van der Waals surface area contributed by atoms with Gasteiger partial charge in [-0.3, -0.25) is 4.98 Å². The number of hydrogen-bond acceptors (Lipinski definition) is 1. The van der Waals surface area contributed by atoms with E-state index in [1.165, 1.54) is 0 Å². The third-order valence-electron chi connectivity index (χ3n) is 5.46. The Morgan fingerprint density at radius 1 is 0.788 bits per heavy atom. The second-order valence-electron chi connectivity index (χ2n) is 9.72. The Morgan fingerprint density at radius 3 is 1.85 bits per heavy atom. The van der Waals surface area contributed by atoms with Crippen molar-refractivity contribution in [2.24, 2.45) is 0 Å². The maximum atomic E-state index is 13.6.